The molecule has 0 unspecified atom stereocenters. The highest BCUT2D eigenvalue weighted by Crippen LogP contribution is 2.29. The number of amides is 6. The highest BCUT2D eigenvalue weighted by atomic mass is 32.2. The van der Waals surface area contributed by atoms with Gasteiger partial charge in [0, 0.05) is 90.6 Å². The minimum absolute atomic E-state index is 0.0148. The number of nitrogens with zero attached hydrogens (tertiary/aromatic N) is 4. The molecule has 1 saturated heterocycles. The van der Waals surface area contributed by atoms with E-state index in [-0.39, 0.29) is 147 Å². The summed E-state index contributed by atoms with van der Waals surface area (Å²) in [5.41, 5.74) is 1.42. The fourth-order valence-electron chi connectivity index (χ4n) is 10.3. The van der Waals surface area contributed by atoms with Gasteiger partial charge in [0.15, 0.2) is 0 Å². The molecule has 2 aliphatic rings. The number of allylic oxidation sites excluding steroid dienone is 5. The number of rotatable bonds is 34. The lowest BCUT2D eigenvalue weighted by Crippen LogP contribution is -2.51. The Morgan fingerprint density at radius 3 is 1.68 bits per heavy atom. The Hall–Kier alpha value is -8.02. The van der Waals surface area contributed by atoms with Gasteiger partial charge in [-0.1, -0.05) is 86.0 Å². The van der Waals surface area contributed by atoms with E-state index in [1.54, 1.807) is 32.9 Å². The van der Waals surface area contributed by atoms with Gasteiger partial charge in [-0.15, -0.1) is 0 Å². The second-order valence-electron chi connectivity index (χ2n) is 21.8. The summed E-state index contributed by atoms with van der Waals surface area (Å²) < 4.78 is 9.62. The number of unbranched alkanes of at least 4 members (excludes halogenated alkanes) is 1. The van der Waals surface area contributed by atoms with Crippen LogP contribution in [0, 0.1) is 11.8 Å². The van der Waals surface area contributed by atoms with Gasteiger partial charge in [-0.3, -0.25) is 58.0 Å². The number of hydrogen-bond acceptors (Lipinski definition) is 17. The number of carboxylic acid groups (broad SMARTS) is 5. The molecule has 2 aromatic carbocycles. The van der Waals surface area contributed by atoms with E-state index in [9.17, 15) is 77.7 Å². The van der Waals surface area contributed by atoms with Gasteiger partial charge >= 0.3 is 35.9 Å². The van der Waals surface area contributed by atoms with E-state index in [1.807, 2.05) is 47.4 Å². The lowest BCUT2D eigenvalue weighted by atomic mass is 9.81. The zero-order valence-corrected chi connectivity index (χ0v) is 50.2. The van der Waals surface area contributed by atoms with Crippen LogP contribution in [-0.4, -0.2) is 230 Å². The number of nitrogens with one attached hydrogen (secondary N) is 6. The molecule has 2 fully saturated rings. The maximum absolute atomic E-state index is 13.9. The smallest absolute Gasteiger partial charge is 0.326 e. The predicted octanol–water partition coefficient (Wildman–Crippen LogP) is 2.00. The van der Waals surface area contributed by atoms with Gasteiger partial charge in [-0.25, -0.2) is 14.4 Å². The molecule has 0 radical (unpaired) electrons. The Morgan fingerprint density at radius 1 is 0.591 bits per heavy atom. The second-order valence-corrected chi connectivity index (χ2v) is 22.4. The van der Waals surface area contributed by atoms with Crippen molar-refractivity contribution in [3.05, 3.63) is 97.1 Å². The molecule has 1 heterocycles. The quantitative estimate of drug-likeness (QED) is 0.0271. The fourth-order valence-corrected chi connectivity index (χ4v) is 10.5. The third-order valence-corrected chi connectivity index (χ3v) is 15.5. The summed E-state index contributed by atoms with van der Waals surface area (Å²) in [6.07, 6.45) is 9.83. The first-order valence-corrected chi connectivity index (χ1v) is 30.0. The molecule has 1 saturated carbocycles. The summed E-state index contributed by atoms with van der Waals surface area (Å²) in [6.45, 7) is 8.47. The van der Waals surface area contributed by atoms with E-state index < -0.39 is 95.7 Å². The molecule has 28 heteroatoms. The largest absolute Gasteiger partial charge is 0.481 e. The number of hydrogen-bond donors (Lipinski definition) is 12. The number of benzene rings is 2. The van der Waals surface area contributed by atoms with Crippen LogP contribution in [-0.2, 0) is 54.4 Å². The Kier molecular flexibility index (Phi) is 32.1. The zero-order valence-electron chi connectivity index (χ0n) is 49.4. The third kappa shape index (κ3) is 27.8. The standard InChI is InChI=1S/C60H84N10O17S/c1-3-5-11-40(10-4-2)33-49(59(85)88-87)63-51(72)37-68-26-30-69(38-53(75)76)28-24-67(25-29-70(31-27-68)39-54(77)78)36-50(71)62-35-41-15-19-44(20-16-41)55(79)64-48(34-42-17-18-43-12-6-7-13-45(43)32-42)56(80)61-23-9-8-14-46(57(81)82)65-60(86)66-47(58(83)84)21-22-52(73)74/h3-7,10-13,17-18,32,41,44,46-49,87H,1-2,8-9,14-16,19-31,33-39H2,(H,61,80)(H,62,71)(H,63,72)(H,64,79)(H,73,74)(H,75,76)(H,77,78)(H,81,82)(H,83,84)(H2,65,66,86)/b11-5-,40-10+/t41-,44-,46-,47-,48-,49-/m0/s1. The highest BCUT2D eigenvalue weighted by Gasteiger charge is 2.32. The van der Waals surface area contributed by atoms with Gasteiger partial charge in [-0.2, -0.15) is 0 Å². The van der Waals surface area contributed by atoms with Crippen LogP contribution < -0.4 is 31.9 Å². The molecule has 2 aromatic rings. The van der Waals surface area contributed by atoms with Crippen LogP contribution in [0.15, 0.2) is 91.6 Å². The molecule has 6 amide bonds. The predicted molar refractivity (Wildman–Crippen MR) is 327 cm³/mol. The fraction of sp³-hybridized carbons (Fsp3) is 0.517. The van der Waals surface area contributed by atoms with Crippen LogP contribution >= 0.6 is 12.0 Å². The summed E-state index contributed by atoms with van der Waals surface area (Å²) >= 11 is -0.0148. The summed E-state index contributed by atoms with van der Waals surface area (Å²) in [6, 6.07) is 7.25. The van der Waals surface area contributed by atoms with Crippen LogP contribution in [0.1, 0.15) is 69.8 Å². The van der Waals surface area contributed by atoms with Gasteiger partial charge in [-0.05, 0) is 79.2 Å². The van der Waals surface area contributed by atoms with Crippen LogP contribution in [0.5, 0.6) is 0 Å². The number of urea groups is 1. The Bertz CT molecular complexity index is 2780. The molecule has 1 aliphatic heterocycles. The van der Waals surface area contributed by atoms with Crippen LogP contribution in [0.3, 0.4) is 0 Å². The van der Waals surface area contributed by atoms with Gasteiger partial charge in [0.2, 0.25) is 28.7 Å². The zero-order chi connectivity index (χ0) is 64.5. The van der Waals surface area contributed by atoms with Crippen LogP contribution in [0.4, 0.5) is 4.79 Å². The third-order valence-electron chi connectivity index (χ3n) is 15.1. The number of carbonyl (C=O) groups excluding carboxylic acids is 6. The normalized spacial score (nSPS) is 18.2. The van der Waals surface area contributed by atoms with Crippen molar-refractivity contribution in [3.8, 4) is 0 Å². The first kappa shape index (κ1) is 72.5. The van der Waals surface area contributed by atoms with Gasteiger partial charge in [0.25, 0.3) is 0 Å². The average Bonchev–Trinajstić information content (AvgIpc) is 2.48. The molecule has 1 aliphatic carbocycles. The topological polar surface area (TPSA) is 394 Å². The maximum atomic E-state index is 13.9. The first-order valence-electron chi connectivity index (χ1n) is 29.2. The van der Waals surface area contributed by atoms with E-state index in [4.69, 9.17) is 5.11 Å². The van der Waals surface area contributed by atoms with E-state index >= 15 is 0 Å². The van der Waals surface area contributed by atoms with Crippen molar-refractivity contribution >= 4 is 87.4 Å². The SMILES string of the molecule is C=C/C=C\C(=C/C=C)C[C@H](NC(=O)CN1CCN(CC(=O)O)CCN(CC(=O)NC[C@H]2CC[C@H](C(=O)N[C@@H](Cc3ccc4ccccc4c3)C(=O)NCCCC[C@H](NC(=O)N[C@@H](CCC(=O)O)C(=O)O)C(=O)O)CC2)CCN(CC(=O)O)CC1)C(=O)SO. The summed E-state index contributed by atoms with van der Waals surface area (Å²) in [5, 5.41) is 64.7. The number of carboxylic acids is 5. The molecule has 0 aromatic heterocycles. The average molecular weight is 1250 g/mol. The van der Waals surface area contributed by atoms with Crippen molar-refractivity contribution in [1.29, 1.82) is 0 Å². The molecule has 0 bridgehead atoms. The van der Waals surface area contributed by atoms with Crippen molar-refractivity contribution in [2.24, 2.45) is 11.8 Å². The lowest BCUT2D eigenvalue weighted by molar-refractivity contribution is -0.141. The van der Waals surface area contributed by atoms with Crippen molar-refractivity contribution in [2.45, 2.75) is 94.8 Å². The summed E-state index contributed by atoms with van der Waals surface area (Å²) in [7, 11) is 0. The highest BCUT2D eigenvalue weighted by molar-refractivity contribution is 8.08. The summed E-state index contributed by atoms with van der Waals surface area (Å²) in [4.78, 5) is 145. The van der Waals surface area contributed by atoms with Crippen LogP contribution in [0.2, 0.25) is 0 Å². The minimum atomic E-state index is -1.56. The molecular weight excluding hydrogens is 1160 g/mol. The Balaban J connectivity index is 1.32. The lowest BCUT2D eigenvalue weighted by Gasteiger charge is -2.33. The maximum Gasteiger partial charge on any atom is 0.326 e. The van der Waals surface area contributed by atoms with Crippen molar-refractivity contribution < 1.29 is 82.8 Å². The minimum Gasteiger partial charge on any atom is -0.481 e. The molecule has 12 N–H and O–H groups in total. The van der Waals surface area contributed by atoms with E-state index in [1.165, 1.54) is 12.2 Å². The van der Waals surface area contributed by atoms with E-state index in [0.717, 1.165) is 16.3 Å². The van der Waals surface area contributed by atoms with E-state index in [2.05, 4.69) is 45.1 Å². The monoisotopic (exact) mass is 1250 g/mol. The molecule has 482 valence electrons. The second kappa shape index (κ2) is 39.0. The molecule has 0 spiro atoms. The van der Waals surface area contributed by atoms with Crippen molar-refractivity contribution in [2.75, 3.05) is 91.6 Å². The molecule has 4 rings (SSSR count). The van der Waals surface area contributed by atoms with Crippen molar-refractivity contribution in [3.63, 3.8) is 0 Å². The number of fused-ring (bicyclic) bond motifs is 1. The number of aliphatic carboxylic acids is 5. The molecule has 88 heavy (non-hydrogen) atoms. The van der Waals surface area contributed by atoms with E-state index in [0.29, 0.717) is 37.8 Å². The Morgan fingerprint density at radius 2 is 1.15 bits per heavy atom. The number of carbonyl (C=O) groups is 11. The molecule has 4 atom stereocenters. The summed E-state index contributed by atoms with van der Waals surface area (Å²) in [5.74, 6) is -8.36. The van der Waals surface area contributed by atoms with Gasteiger partial charge in [0.1, 0.15) is 24.2 Å². The van der Waals surface area contributed by atoms with Gasteiger partial charge < -0.3 is 62.0 Å². The van der Waals surface area contributed by atoms with Crippen LogP contribution in [0.25, 0.3) is 10.8 Å². The van der Waals surface area contributed by atoms with Crippen molar-refractivity contribution in [1.82, 2.24) is 51.5 Å². The molecular formula is C60H84N10O17S. The first-order chi connectivity index (χ1) is 42.0. The molecule has 27 nitrogen and oxygen atoms in total. The Labute approximate surface area is 515 Å². The van der Waals surface area contributed by atoms with Gasteiger partial charge in [0.05, 0.1) is 38.2 Å².